The van der Waals surface area contributed by atoms with Gasteiger partial charge in [0.15, 0.2) is 0 Å². The summed E-state index contributed by atoms with van der Waals surface area (Å²) in [7, 11) is 0. The molecule has 1 atom stereocenters. The Labute approximate surface area is 120 Å². The van der Waals surface area contributed by atoms with Gasteiger partial charge in [0, 0.05) is 18.3 Å². The highest BCUT2D eigenvalue weighted by Gasteiger charge is 2.18. The smallest absolute Gasteiger partial charge is 0.147 e. The van der Waals surface area contributed by atoms with Crippen molar-refractivity contribution < 1.29 is 4.39 Å². The molecule has 0 radical (unpaired) electrons. The summed E-state index contributed by atoms with van der Waals surface area (Å²) in [6, 6.07) is 13.0. The van der Waals surface area contributed by atoms with Gasteiger partial charge in [0.25, 0.3) is 0 Å². The Morgan fingerprint density at radius 3 is 2.35 bits per heavy atom. The first-order valence-electron chi connectivity index (χ1n) is 6.92. The third kappa shape index (κ3) is 2.83. The fourth-order valence-corrected chi connectivity index (χ4v) is 2.38. The van der Waals surface area contributed by atoms with Gasteiger partial charge in [0.05, 0.1) is 5.69 Å². The molecule has 0 aromatic heterocycles. The maximum absolute atomic E-state index is 14.3. The van der Waals surface area contributed by atoms with Crippen LogP contribution >= 0.6 is 0 Å². The first-order chi connectivity index (χ1) is 9.54. The Kier molecular flexibility index (Phi) is 4.40. The number of benzene rings is 2. The van der Waals surface area contributed by atoms with Gasteiger partial charge in [0.2, 0.25) is 0 Å². The third-order valence-electron chi connectivity index (χ3n) is 3.44. The van der Waals surface area contributed by atoms with E-state index < -0.39 is 0 Å². The minimum atomic E-state index is -0.234. The Morgan fingerprint density at radius 1 is 1.15 bits per heavy atom. The molecule has 0 saturated carbocycles. The lowest BCUT2D eigenvalue weighted by Gasteiger charge is -2.27. The minimum Gasteiger partial charge on any atom is -0.339 e. The molecule has 3 heteroatoms. The molecule has 2 nitrogen and oxygen atoms in total. The predicted octanol–water partition coefficient (Wildman–Crippen LogP) is 4.31. The zero-order chi connectivity index (χ0) is 14.7. The van der Waals surface area contributed by atoms with Crippen LogP contribution in [0.15, 0.2) is 42.5 Å². The van der Waals surface area contributed by atoms with Crippen molar-refractivity contribution in [1.82, 2.24) is 0 Å². The molecule has 0 aliphatic carbocycles. The summed E-state index contributed by atoms with van der Waals surface area (Å²) in [4.78, 5) is 1.97. The molecule has 0 bridgehead atoms. The van der Waals surface area contributed by atoms with Crippen molar-refractivity contribution >= 4 is 11.4 Å². The van der Waals surface area contributed by atoms with E-state index in [0.29, 0.717) is 12.2 Å². The number of anilines is 2. The molecule has 106 valence electrons. The summed E-state index contributed by atoms with van der Waals surface area (Å²) in [6.07, 6.45) is 0. The van der Waals surface area contributed by atoms with Crippen molar-refractivity contribution in [3.63, 3.8) is 0 Å². The van der Waals surface area contributed by atoms with E-state index >= 15 is 0 Å². The number of nitrogens with two attached hydrogens (primary N) is 1. The summed E-state index contributed by atoms with van der Waals surface area (Å²) in [6.45, 7) is 6.61. The van der Waals surface area contributed by atoms with Crippen molar-refractivity contribution in [3.05, 3.63) is 59.4 Å². The van der Waals surface area contributed by atoms with Crippen LogP contribution in [-0.4, -0.2) is 6.54 Å². The summed E-state index contributed by atoms with van der Waals surface area (Å²) < 4.78 is 14.3. The number of halogens is 1. The van der Waals surface area contributed by atoms with Gasteiger partial charge in [-0.25, -0.2) is 4.39 Å². The number of hydrogen-bond acceptors (Lipinski definition) is 2. The van der Waals surface area contributed by atoms with Gasteiger partial charge in [-0.1, -0.05) is 29.8 Å². The maximum atomic E-state index is 14.3. The molecule has 2 aromatic carbocycles. The zero-order valence-corrected chi connectivity index (χ0v) is 12.2. The van der Waals surface area contributed by atoms with E-state index in [2.05, 4.69) is 0 Å². The van der Waals surface area contributed by atoms with Gasteiger partial charge < -0.3 is 10.6 Å². The van der Waals surface area contributed by atoms with Gasteiger partial charge in [-0.2, -0.15) is 0 Å². The molecule has 0 aliphatic heterocycles. The van der Waals surface area contributed by atoms with E-state index in [1.807, 2.05) is 56.0 Å². The van der Waals surface area contributed by atoms with Gasteiger partial charge >= 0.3 is 0 Å². The molecule has 2 rings (SSSR count). The molecule has 0 spiro atoms. The third-order valence-corrected chi connectivity index (χ3v) is 3.44. The molecule has 0 saturated heterocycles. The van der Waals surface area contributed by atoms with Gasteiger partial charge in [-0.15, -0.1) is 0 Å². The Balaban J connectivity index is 2.54. The molecule has 2 aromatic rings. The number of aryl methyl sites for hydroxylation is 1. The highest BCUT2D eigenvalue weighted by atomic mass is 19.1. The van der Waals surface area contributed by atoms with Gasteiger partial charge in [-0.3, -0.25) is 0 Å². The number of nitrogens with zero attached hydrogens (tertiary/aromatic N) is 1. The standard InChI is InChI=1S/C17H21FN2/c1-4-20(14-10-8-12(2)9-11-14)17-15(13(3)19)6-5-7-16(17)18/h5-11,13H,4,19H2,1-3H3/t13-/m1/s1. The lowest BCUT2D eigenvalue weighted by Crippen LogP contribution is -2.21. The summed E-state index contributed by atoms with van der Waals surface area (Å²) >= 11 is 0. The van der Waals surface area contributed by atoms with Crippen LogP contribution in [0.3, 0.4) is 0 Å². The first kappa shape index (κ1) is 14.5. The molecule has 0 fully saturated rings. The Morgan fingerprint density at radius 2 is 1.80 bits per heavy atom. The average molecular weight is 272 g/mol. The van der Waals surface area contributed by atoms with Crippen molar-refractivity contribution in [2.24, 2.45) is 5.73 Å². The van der Waals surface area contributed by atoms with E-state index in [9.17, 15) is 4.39 Å². The van der Waals surface area contributed by atoms with E-state index in [-0.39, 0.29) is 11.9 Å². The van der Waals surface area contributed by atoms with E-state index in [1.165, 1.54) is 11.6 Å². The van der Waals surface area contributed by atoms with Crippen LogP contribution in [0.4, 0.5) is 15.8 Å². The molecule has 0 amide bonds. The largest absolute Gasteiger partial charge is 0.339 e. The second kappa shape index (κ2) is 6.06. The molecule has 0 heterocycles. The molecular weight excluding hydrogens is 251 g/mol. The second-order valence-corrected chi connectivity index (χ2v) is 5.05. The van der Waals surface area contributed by atoms with E-state index in [0.717, 1.165) is 11.3 Å². The maximum Gasteiger partial charge on any atom is 0.147 e. The predicted molar refractivity (Wildman–Crippen MR) is 82.9 cm³/mol. The molecule has 0 unspecified atom stereocenters. The Bertz CT molecular complexity index is 576. The van der Waals surface area contributed by atoms with Crippen LogP contribution in [0.25, 0.3) is 0 Å². The van der Waals surface area contributed by atoms with Crippen molar-refractivity contribution in [2.75, 3.05) is 11.4 Å². The molecule has 2 N–H and O–H groups in total. The van der Waals surface area contributed by atoms with Crippen molar-refractivity contribution in [2.45, 2.75) is 26.8 Å². The molecule has 0 aliphatic rings. The second-order valence-electron chi connectivity index (χ2n) is 5.05. The number of hydrogen-bond donors (Lipinski definition) is 1. The van der Waals surface area contributed by atoms with Crippen LogP contribution < -0.4 is 10.6 Å². The highest BCUT2D eigenvalue weighted by molar-refractivity contribution is 5.67. The highest BCUT2D eigenvalue weighted by Crippen LogP contribution is 2.33. The summed E-state index contributed by atoms with van der Waals surface area (Å²) in [5.74, 6) is -0.234. The average Bonchev–Trinajstić information content (AvgIpc) is 2.43. The van der Waals surface area contributed by atoms with Gasteiger partial charge in [0.1, 0.15) is 5.82 Å². The van der Waals surface area contributed by atoms with E-state index in [1.54, 1.807) is 6.07 Å². The number of para-hydroxylation sites is 1. The lowest BCUT2D eigenvalue weighted by atomic mass is 10.0. The molecular formula is C17H21FN2. The van der Waals surface area contributed by atoms with Crippen molar-refractivity contribution in [3.8, 4) is 0 Å². The van der Waals surface area contributed by atoms with Crippen LogP contribution in [-0.2, 0) is 0 Å². The van der Waals surface area contributed by atoms with Gasteiger partial charge in [-0.05, 0) is 44.5 Å². The summed E-state index contributed by atoms with van der Waals surface area (Å²) in [5.41, 5.74) is 9.55. The summed E-state index contributed by atoms with van der Waals surface area (Å²) in [5, 5.41) is 0. The van der Waals surface area contributed by atoms with Crippen LogP contribution in [0, 0.1) is 12.7 Å². The zero-order valence-electron chi connectivity index (χ0n) is 12.2. The van der Waals surface area contributed by atoms with Crippen LogP contribution in [0.2, 0.25) is 0 Å². The minimum absolute atomic E-state index is 0.208. The Hall–Kier alpha value is -1.87. The normalized spacial score (nSPS) is 12.2. The lowest BCUT2D eigenvalue weighted by molar-refractivity contribution is 0.620. The van der Waals surface area contributed by atoms with Crippen LogP contribution in [0.1, 0.15) is 31.0 Å². The topological polar surface area (TPSA) is 29.3 Å². The number of rotatable bonds is 4. The monoisotopic (exact) mass is 272 g/mol. The SMILES string of the molecule is CCN(c1ccc(C)cc1)c1c(F)cccc1[C@@H](C)N. The van der Waals surface area contributed by atoms with E-state index in [4.69, 9.17) is 5.73 Å². The fourth-order valence-electron chi connectivity index (χ4n) is 2.38. The molecule has 20 heavy (non-hydrogen) atoms. The first-order valence-corrected chi connectivity index (χ1v) is 6.92. The fraction of sp³-hybridized carbons (Fsp3) is 0.294. The van der Waals surface area contributed by atoms with Crippen molar-refractivity contribution in [1.29, 1.82) is 0 Å². The van der Waals surface area contributed by atoms with Crippen LogP contribution in [0.5, 0.6) is 0 Å². The quantitative estimate of drug-likeness (QED) is 0.898.